The van der Waals surface area contributed by atoms with Crippen LogP contribution in [0.5, 0.6) is 0 Å². The number of fused-ring (bicyclic) bond motifs is 1. The first kappa shape index (κ1) is 26.2. The third-order valence-corrected chi connectivity index (χ3v) is 8.66. The molecular weight excluding hydrogens is 576 g/mol. The van der Waals surface area contributed by atoms with Crippen LogP contribution in [0.4, 0.5) is 0 Å². The van der Waals surface area contributed by atoms with Crippen molar-refractivity contribution >= 4 is 42.9 Å². The van der Waals surface area contributed by atoms with E-state index < -0.39 is 10.0 Å². The molecule has 1 saturated heterocycles. The summed E-state index contributed by atoms with van der Waals surface area (Å²) in [6.07, 6.45) is 2.98. The zero-order valence-electron chi connectivity index (χ0n) is 20.3. The van der Waals surface area contributed by atoms with Crippen molar-refractivity contribution in [2.45, 2.75) is 18.0 Å². The van der Waals surface area contributed by atoms with E-state index in [4.69, 9.17) is 4.74 Å². The van der Waals surface area contributed by atoms with Gasteiger partial charge in [0.1, 0.15) is 11.7 Å². The molecule has 1 fully saturated rings. The van der Waals surface area contributed by atoms with Gasteiger partial charge in [0.15, 0.2) is 5.65 Å². The van der Waals surface area contributed by atoms with E-state index in [0.717, 1.165) is 10.0 Å². The molecule has 1 aliphatic rings. The number of rotatable bonds is 8. The molecule has 13 heteroatoms. The second-order valence-electron chi connectivity index (χ2n) is 8.71. The molecular formula is C25H25BrN6O5S. The number of halogens is 1. The number of ether oxygens (including phenoxy) is 1. The fourth-order valence-corrected chi connectivity index (χ4v) is 5.82. The summed E-state index contributed by atoms with van der Waals surface area (Å²) in [7, 11) is -3.62. The fourth-order valence-electron chi connectivity index (χ4n) is 4.15. The van der Waals surface area contributed by atoms with Crippen LogP contribution < -0.4 is 10.9 Å². The summed E-state index contributed by atoms with van der Waals surface area (Å²) >= 11 is 3.40. The summed E-state index contributed by atoms with van der Waals surface area (Å²) in [4.78, 5) is 30.1. The van der Waals surface area contributed by atoms with Gasteiger partial charge in [-0.1, -0.05) is 28.1 Å². The van der Waals surface area contributed by atoms with Crippen molar-refractivity contribution in [3.05, 3.63) is 87.0 Å². The lowest BCUT2D eigenvalue weighted by Gasteiger charge is -2.26. The molecule has 3 heterocycles. The standard InChI is InChI=1S/C25H25BrN6O5S/c26-20-5-1-18(2-6-20)16-30-17-28-23-22(25(30)34)15-29-32(23)10-9-27-24(33)19-3-7-21(8-4-19)38(35,36)31-11-13-37-14-12-31/h1-8,15,17H,9-14,16H2,(H,27,33). The average molecular weight is 601 g/mol. The third-order valence-electron chi connectivity index (χ3n) is 6.22. The molecule has 0 atom stereocenters. The van der Waals surface area contributed by atoms with E-state index in [-0.39, 0.29) is 22.9 Å². The van der Waals surface area contributed by atoms with Gasteiger partial charge < -0.3 is 10.1 Å². The molecule has 0 aliphatic carbocycles. The van der Waals surface area contributed by atoms with Gasteiger partial charge in [0.25, 0.3) is 11.5 Å². The minimum Gasteiger partial charge on any atom is -0.379 e. The Balaban J connectivity index is 1.20. The first-order chi connectivity index (χ1) is 18.3. The number of benzene rings is 2. The Kier molecular flexibility index (Phi) is 7.70. The lowest BCUT2D eigenvalue weighted by atomic mass is 10.2. The van der Waals surface area contributed by atoms with Gasteiger partial charge >= 0.3 is 0 Å². The molecule has 2 aromatic heterocycles. The molecule has 0 radical (unpaired) electrons. The van der Waals surface area contributed by atoms with Crippen molar-refractivity contribution in [3.8, 4) is 0 Å². The number of nitrogens with zero attached hydrogens (tertiary/aromatic N) is 5. The highest BCUT2D eigenvalue weighted by Crippen LogP contribution is 2.18. The zero-order chi connectivity index (χ0) is 26.7. The number of carbonyl (C=O) groups excluding carboxylic acids is 1. The molecule has 5 rings (SSSR count). The van der Waals surface area contributed by atoms with Gasteiger partial charge in [0, 0.05) is 29.7 Å². The van der Waals surface area contributed by atoms with Crippen LogP contribution in [0.2, 0.25) is 0 Å². The predicted octanol–water partition coefficient (Wildman–Crippen LogP) is 1.85. The number of sulfonamides is 1. The Hall–Kier alpha value is -3.39. The molecule has 0 bridgehead atoms. The van der Waals surface area contributed by atoms with Crippen LogP contribution in [0.1, 0.15) is 15.9 Å². The van der Waals surface area contributed by atoms with Gasteiger partial charge in [0.2, 0.25) is 10.0 Å². The second-order valence-corrected chi connectivity index (χ2v) is 11.6. The number of aromatic nitrogens is 4. The van der Waals surface area contributed by atoms with Crippen molar-refractivity contribution < 1.29 is 17.9 Å². The molecule has 4 aromatic rings. The van der Waals surface area contributed by atoms with Gasteiger partial charge in [-0.25, -0.2) is 18.1 Å². The van der Waals surface area contributed by atoms with Crippen LogP contribution in [-0.4, -0.2) is 70.8 Å². The van der Waals surface area contributed by atoms with Crippen LogP contribution >= 0.6 is 15.9 Å². The van der Waals surface area contributed by atoms with Gasteiger partial charge in [0.05, 0.1) is 37.4 Å². The quantitative estimate of drug-likeness (QED) is 0.327. The number of carbonyl (C=O) groups is 1. The van der Waals surface area contributed by atoms with Gasteiger partial charge in [-0.2, -0.15) is 9.40 Å². The normalized spacial score (nSPS) is 14.6. The lowest BCUT2D eigenvalue weighted by Crippen LogP contribution is -2.40. The molecule has 38 heavy (non-hydrogen) atoms. The Morgan fingerprint density at radius 3 is 2.47 bits per heavy atom. The number of amides is 1. The highest BCUT2D eigenvalue weighted by molar-refractivity contribution is 9.10. The Labute approximate surface area is 227 Å². The van der Waals surface area contributed by atoms with Gasteiger partial charge in [-0.05, 0) is 42.0 Å². The number of hydrogen-bond acceptors (Lipinski definition) is 7. The van der Waals surface area contributed by atoms with Gasteiger partial charge in [-0.15, -0.1) is 0 Å². The van der Waals surface area contributed by atoms with Crippen LogP contribution in [0, 0.1) is 0 Å². The van der Waals surface area contributed by atoms with E-state index in [1.807, 2.05) is 24.3 Å². The molecule has 2 aromatic carbocycles. The summed E-state index contributed by atoms with van der Waals surface area (Å²) in [5.74, 6) is -0.346. The molecule has 1 aliphatic heterocycles. The summed E-state index contributed by atoms with van der Waals surface area (Å²) < 4.78 is 36.2. The molecule has 0 unspecified atom stereocenters. The first-order valence-corrected chi connectivity index (χ1v) is 14.2. The summed E-state index contributed by atoms with van der Waals surface area (Å²) in [6.45, 7) is 2.28. The smallest absolute Gasteiger partial charge is 0.264 e. The van der Waals surface area contributed by atoms with Crippen LogP contribution in [-0.2, 0) is 27.8 Å². The SMILES string of the molecule is O=C(NCCn1ncc2c(=O)n(Cc3ccc(Br)cc3)cnc21)c1ccc(S(=O)(=O)N2CCOCC2)cc1. The summed E-state index contributed by atoms with van der Waals surface area (Å²) in [5, 5.41) is 7.46. The fraction of sp³-hybridized carbons (Fsp3) is 0.280. The van der Waals surface area contributed by atoms with E-state index in [2.05, 4.69) is 31.3 Å². The van der Waals surface area contributed by atoms with Crippen molar-refractivity contribution in [3.63, 3.8) is 0 Å². The van der Waals surface area contributed by atoms with E-state index >= 15 is 0 Å². The molecule has 0 spiro atoms. The third kappa shape index (κ3) is 5.55. The number of hydrogen-bond donors (Lipinski definition) is 1. The Bertz CT molecular complexity index is 1610. The first-order valence-electron chi connectivity index (χ1n) is 11.9. The number of morpholine rings is 1. The largest absolute Gasteiger partial charge is 0.379 e. The number of nitrogens with one attached hydrogen (secondary N) is 1. The highest BCUT2D eigenvalue weighted by atomic mass is 79.9. The average Bonchev–Trinajstić information content (AvgIpc) is 3.35. The van der Waals surface area contributed by atoms with Crippen LogP contribution in [0.3, 0.4) is 0 Å². The van der Waals surface area contributed by atoms with Crippen molar-refractivity contribution in [2.24, 2.45) is 0 Å². The molecule has 198 valence electrons. The van der Waals surface area contributed by atoms with E-state index in [1.165, 1.54) is 45.7 Å². The van der Waals surface area contributed by atoms with Crippen LogP contribution in [0.25, 0.3) is 11.0 Å². The van der Waals surface area contributed by atoms with E-state index in [9.17, 15) is 18.0 Å². The molecule has 11 nitrogen and oxygen atoms in total. The lowest BCUT2D eigenvalue weighted by molar-refractivity contribution is 0.0730. The summed E-state index contributed by atoms with van der Waals surface area (Å²) in [5.41, 5.74) is 1.55. The minimum atomic E-state index is -3.62. The minimum absolute atomic E-state index is 0.135. The van der Waals surface area contributed by atoms with Crippen LogP contribution in [0.15, 0.2) is 75.2 Å². The Morgan fingerprint density at radius 1 is 1.05 bits per heavy atom. The van der Waals surface area contributed by atoms with Crippen molar-refractivity contribution in [1.82, 2.24) is 29.0 Å². The summed E-state index contributed by atoms with van der Waals surface area (Å²) in [6, 6.07) is 13.5. The van der Waals surface area contributed by atoms with E-state index in [0.29, 0.717) is 56.0 Å². The maximum atomic E-state index is 12.9. The second kappa shape index (κ2) is 11.2. The zero-order valence-corrected chi connectivity index (χ0v) is 22.7. The van der Waals surface area contributed by atoms with Crippen molar-refractivity contribution in [1.29, 1.82) is 0 Å². The predicted molar refractivity (Wildman–Crippen MR) is 143 cm³/mol. The molecule has 0 saturated carbocycles. The maximum absolute atomic E-state index is 12.9. The monoisotopic (exact) mass is 600 g/mol. The van der Waals surface area contributed by atoms with Crippen molar-refractivity contribution in [2.75, 3.05) is 32.8 Å². The molecule has 1 amide bonds. The Morgan fingerprint density at radius 2 is 1.76 bits per heavy atom. The highest BCUT2D eigenvalue weighted by Gasteiger charge is 2.26. The topological polar surface area (TPSA) is 128 Å². The maximum Gasteiger partial charge on any atom is 0.264 e. The van der Waals surface area contributed by atoms with E-state index in [1.54, 1.807) is 4.68 Å². The van der Waals surface area contributed by atoms with Gasteiger partial charge in [-0.3, -0.25) is 14.2 Å². The molecule has 1 N–H and O–H groups in total.